The van der Waals surface area contributed by atoms with Gasteiger partial charge in [-0.25, -0.2) is 8.78 Å². The van der Waals surface area contributed by atoms with Crippen LogP contribution in [0.15, 0.2) is 36.4 Å². The third-order valence-electron chi connectivity index (χ3n) is 3.39. The quantitative estimate of drug-likeness (QED) is 0.883. The Morgan fingerprint density at radius 2 is 1.63 bits per heavy atom. The Morgan fingerprint density at radius 1 is 1.00 bits per heavy atom. The molecule has 0 radical (unpaired) electrons. The first-order chi connectivity index (χ1) is 9.04. The molecule has 0 spiro atoms. The normalized spacial score (nSPS) is 12.5. The largest absolute Gasteiger partial charge is 0.309 e. The predicted molar refractivity (Wildman–Crippen MR) is 73.2 cm³/mol. The molecule has 0 bridgehead atoms. The molecule has 1 unspecified atom stereocenters. The highest BCUT2D eigenvalue weighted by Crippen LogP contribution is 2.29. The minimum atomic E-state index is -0.428. The zero-order valence-corrected chi connectivity index (χ0v) is 11.3. The maximum Gasteiger partial charge on any atom is 0.128 e. The lowest BCUT2D eigenvalue weighted by atomic mass is 9.91. The first kappa shape index (κ1) is 13.7. The van der Waals surface area contributed by atoms with Gasteiger partial charge >= 0.3 is 0 Å². The Bertz CT molecular complexity index is 573. The van der Waals surface area contributed by atoms with E-state index in [1.165, 1.54) is 12.1 Å². The zero-order chi connectivity index (χ0) is 14.0. The lowest BCUT2D eigenvalue weighted by Crippen LogP contribution is -2.21. The van der Waals surface area contributed by atoms with E-state index in [-0.39, 0.29) is 6.04 Å². The lowest BCUT2D eigenvalue weighted by molar-refractivity contribution is 0.556. The summed E-state index contributed by atoms with van der Waals surface area (Å²) in [7, 11) is 1.75. The van der Waals surface area contributed by atoms with Gasteiger partial charge in [-0.2, -0.15) is 0 Å². The summed E-state index contributed by atoms with van der Waals surface area (Å²) in [6.07, 6.45) is 0. The van der Waals surface area contributed by atoms with E-state index in [9.17, 15) is 8.78 Å². The van der Waals surface area contributed by atoms with Gasteiger partial charge in [0, 0.05) is 5.56 Å². The van der Waals surface area contributed by atoms with Crippen molar-refractivity contribution in [3.05, 3.63) is 70.3 Å². The van der Waals surface area contributed by atoms with E-state index in [0.29, 0.717) is 5.56 Å². The number of rotatable bonds is 3. The summed E-state index contributed by atoms with van der Waals surface area (Å²) in [4.78, 5) is 0. The third kappa shape index (κ3) is 2.66. The number of nitrogens with one attached hydrogen (secondary N) is 1. The van der Waals surface area contributed by atoms with Gasteiger partial charge in [-0.15, -0.1) is 0 Å². The summed E-state index contributed by atoms with van der Waals surface area (Å²) in [5.41, 5.74) is 3.44. The molecule has 1 atom stereocenters. The molecule has 0 aromatic heterocycles. The van der Waals surface area contributed by atoms with Crippen LogP contribution in [0.5, 0.6) is 0 Å². The van der Waals surface area contributed by atoms with Gasteiger partial charge in [0.15, 0.2) is 0 Å². The fourth-order valence-corrected chi connectivity index (χ4v) is 2.47. The smallest absolute Gasteiger partial charge is 0.128 e. The van der Waals surface area contributed by atoms with Gasteiger partial charge in [0.2, 0.25) is 0 Å². The minimum absolute atomic E-state index is 0.333. The average Bonchev–Trinajstić information content (AvgIpc) is 2.37. The van der Waals surface area contributed by atoms with E-state index in [1.807, 2.05) is 32.0 Å². The molecule has 0 saturated carbocycles. The van der Waals surface area contributed by atoms with E-state index >= 15 is 0 Å². The van der Waals surface area contributed by atoms with E-state index in [2.05, 4.69) is 5.32 Å². The van der Waals surface area contributed by atoms with Crippen molar-refractivity contribution in [1.82, 2.24) is 5.32 Å². The summed E-state index contributed by atoms with van der Waals surface area (Å²) < 4.78 is 27.3. The summed E-state index contributed by atoms with van der Waals surface area (Å²) in [5.74, 6) is -0.828. The SMILES string of the molecule is CNC(c1cc(F)ccc1F)c1c(C)cccc1C. The maximum absolute atomic E-state index is 13.9. The Balaban J connectivity index is 2.59. The summed E-state index contributed by atoms with van der Waals surface area (Å²) >= 11 is 0. The van der Waals surface area contributed by atoms with Crippen molar-refractivity contribution in [3.8, 4) is 0 Å². The molecule has 0 heterocycles. The second kappa shape index (κ2) is 5.49. The monoisotopic (exact) mass is 261 g/mol. The van der Waals surface area contributed by atoms with Crippen molar-refractivity contribution in [2.75, 3.05) is 7.05 Å². The number of aryl methyl sites for hydroxylation is 2. The van der Waals surface area contributed by atoms with Crippen LogP contribution in [0, 0.1) is 25.5 Å². The Labute approximate surface area is 112 Å². The zero-order valence-electron chi connectivity index (χ0n) is 11.3. The van der Waals surface area contributed by atoms with Crippen LogP contribution >= 0.6 is 0 Å². The number of benzene rings is 2. The van der Waals surface area contributed by atoms with Crippen LogP contribution in [0.3, 0.4) is 0 Å². The van der Waals surface area contributed by atoms with Gasteiger partial charge in [0.1, 0.15) is 11.6 Å². The molecule has 1 nitrogen and oxygen atoms in total. The second-order valence-corrected chi connectivity index (χ2v) is 4.69. The second-order valence-electron chi connectivity index (χ2n) is 4.69. The van der Waals surface area contributed by atoms with Gasteiger partial charge in [-0.1, -0.05) is 18.2 Å². The highest BCUT2D eigenvalue weighted by Gasteiger charge is 2.20. The molecule has 0 aliphatic carbocycles. The van der Waals surface area contributed by atoms with Gasteiger partial charge in [-0.05, 0) is 55.8 Å². The molecule has 19 heavy (non-hydrogen) atoms. The van der Waals surface area contributed by atoms with Crippen molar-refractivity contribution in [1.29, 1.82) is 0 Å². The summed E-state index contributed by atoms with van der Waals surface area (Å²) in [6, 6.07) is 9.12. The molecule has 0 aliphatic rings. The first-order valence-electron chi connectivity index (χ1n) is 6.23. The summed E-state index contributed by atoms with van der Waals surface area (Å²) in [6.45, 7) is 3.95. The van der Waals surface area contributed by atoms with Crippen molar-refractivity contribution in [2.24, 2.45) is 0 Å². The van der Waals surface area contributed by atoms with Crippen LogP contribution in [0.1, 0.15) is 28.3 Å². The van der Waals surface area contributed by atoms with Gasteiger partial charge in [-0.3, -0.25) is 0 Å². The maximum atomic E-state index is 13.9. The van der Waals surface area contributed by atoms with Crippen LogP contribution in [-0.2, 0) is 0 Å². The number of hydrogen-bond donors (Lipinski definition) is 1. The third-order valence-corrected chi connectivity index (χ3v) is 3.39. The van der Waals surface area contributed by atoms with Crippen LogP contribution in [0.4, 0.5) is 8.78 Å². The predicted octanol–water partition coefficient (Wildman–Crippen LogP) is 3.89. The van der Waals surface area contributed by atoms with Gasteiger partial charge in [0.25, 0.3) is 0 Å². The fraction of sp³-hybridized carbons (Fsp3) is 0.250. The summed E-state index contributed by atoms with van der Waals surface area (Å²) in [5, 5.41) is 3.08. The molecule has 0 fully saturated rings. The van der Waals surface area contributed by atoms with Crippen molar-refractivity contribution in [3.63, 3.8) is 0 Å². The van der Waals surface area contributed by atoms with Crippen molar-refractivity contribution in [2.45, 2.75) is 19.9 Å². The molecule has 0 saturated heterocycles. The van der Waals surface area contributed by atoms with Crippen LogP contribution in [0.2, 0.25) is 0 Å². The lowest BCUT2D eigenvalue weighted by Gasteiger charge is -2.22. The minimum Gasteiger partial charge on any atom is -0.309 e. The molecular formula is C16H17F2N. The molecule has 100 valence electrons. The molecule has 2 aromatic carbocycles. The molecule has 0 amide bonds. The van der Waals surface area contributed by atoms with Crippen molar-refractivity contribution < 1.29 is 8.78 Å². The van der Waals surface area contributed by atoms with Crippen molar-refractivity contribution >= 4 is 0 Å². The Morgan fingerprint density at radius 3 is 2.21 bits per heavy atom. The van der Waals surface area contributed by atoms with E-state index in [4.69, 9.17) is 0 Å². The highest BCUT2D eigenvalue weighted by atomic mass is 19.1. The van der Waals surface area contributed by atoms with Gasteiger partial charge in [0.05, 0.1) is 6.04 Å². The number of halogens is 2. The Hall–Kier alpha value is -1.74. The van der Waals surface area contributed by atoms with Gasteiger partial charge < -0.3 is 5.32 Å². The molecule has 2 aromatic rings. The van der Waals surface area contributed by atoms with Crippen LogP contribution in [-0.4, -0.2) is 7.05 Å². The van der Waals surface area contributed by atoms with E-state index < -0.39 is 11.6 Å². The molecule has 3 heteroatoms. The fourth-order valence-electron chi connectivity index (χ4n) is 2.47. The standard InChI is InChI=1S/C16H17F2N/c1-10-5-4-6-11(2)15(10)16(19-3)13-9-12(17)7-8-14(13)18/h4-9,16,19H,1-3H3. The van der Waals surface area contributed by atoms with E-state index in [0.717, 1.165) is 22.8 Å². The first-order valence-corrected chi connectivity index (χ1v) is 6.23. The molecular weight excluding hydrogens is 244 g/mol. The molecule has 1 N–H and O–H groups in total. The molecule has 0 aliphatic heterocycles. The highest BCUT2D eigenvalue weighted by molar-refractivity contribution is 5.42. The van der Waals surface area contributed by atoms with E-state index in [1.54, 1.807) is 7.05 Å². The topological polar surface area (TPSA) is 12.0 Å². The average molecular weight is 261 g/mol. The van der Waals surface area contributed by atoms with Crippen LogP contribution in [0.25, 0.3) is 0 Å². The molecule has 2 rings (SSSR count). The Kier molecular flexibility index (Phi) is 3.96. The van der Waals surface area contributed by atoms with Crippen LogP contribution < -0.4 is 5.32 Å². The number of hydrogen-bond acceptors (Lipinski definition) is 1.